The minimum absolute atomic E-state index is 0.122. The van der Waals surface area contributed by atoms with E-state index in [1.54, 1.807) is 6.07 Å². The van der Waals surface area contributed by atoms with Gasteiger partial charge in [0.05, 0.1) is 6.61 Å². The molecule has 1 aromatic carbocycles. The standard InChI is InChI=1S/C11H15Cl2NO/c1-2-10(7-15)14-6-8-3-4-9(12)5-11(8)13/h3-5,10,14-15H,2,6-7H2,1H3. The van der Waals surface area contributed by atoms with Crippen LogP contribution in [0.1, 0.15) is 18.9 Å². The summed E-state index contributed by atoms with van der Waals surface area (Å²) in [6, 6.07) is 5.54. The van der Waals surface area contributed by atoms with E-state index < -0.39 is 0 Å². The molecule has 0 aromatic heterocycles. The van der Waals surface area contributed by atoms with Crippen molar-refractivity contribution >= 4 is 23.2 Å². The number of halogens is 2. The first-order valence-corrected chi connectivity index (χ1v) is 5.71. The van der Waals surface area contributed by atoms with Gasteiger partial charge < -0.3 is 10.4 Å². The largest absolute Gasteiger partial charge is 0.395 e. The van der Waals surface area contributed by atoms with E-state index in [9.17, 15) is 0 Å². The second-order valence-corrected chi connectivity index (χ2v) is 4.25. The lowest BCUT2D eigenvalue weighted by atomic mass is 10.2. The molecule has 1 rings (SSSR count). The monoisotopic (exact) mass is 247 g/mol. The first kappa shape index (κ1) is 12.8. The molecule has 0 radical (unpaired) electrons. The van der Waals surface area contributed by atoms with Gasteiger partial charge in [-0.25, -0.2) is 0 Å². The number of rotatable bonds is 5. The van der Waals surface area contributed by atoms with E-state index in [0.717, 1.165) is 12.0 Å². The van der Waals surface area contributed by atoms with E-state index in [1.165, 1.54) is 0 Å². The van der Waals surface area contributed by atoms with Crippen molar-refractivity contribution in [3.8, 4) is 0 Å². The Hall–Kier alpha value is -0.280. The molecule has 0 saturated carbocycles. The summed E-state index contributed by atoms with van der Waals surface area (Å²) < 4.78 is 0. The van der Waals surface area contributed by atoms with E-state index in [1.807, 2.05) is 19.1 Å². The van der Waals surface area contributed by atoms with E-state index >= 15 is 0 Å². The molecule has 0 heterocycles. The number of hydrogen-bond donors (Lipinski definition) is 2. The highest BCUT2D eigenvalue weighted by Gasteiger charge is 2.05. The van der Waals surface area contributed by atoms with Gasteiger partial charge in [0.1, 0.15) is 0 Å². The summed E-state index contributed by atoms with van der Waals surface area (Å²) in [5.41, 5.74) is 0.993. The molecule has 0 amide bonds. The fourth-order valence-electron chi connectivity index (χ4n) is 1.26. The van der Waals surface area contributed by atoms with Crippen molar-refractivity contribution < 1.29 is 5.11 Å². The summed E-state index contributed by atoms with van der Waals surface area (Å²) in [5, 5.41) is 13.5. The third-order valence-electron chi connectivity index (χ3n) is 2.31. The van der Waals surface area contributed by atoms with Crippen LogP contribution in [0.3, 0.4) is 0 Å². The smallest absolute Gasteiger partial charge is 0.0584 e. The normalized spacial score (nSPS) is 12.8. The van der Waals surface area contributed by atoms with Crippen molar-refractivity contribution in [2.45, 2.75) is 25.9 Å². The molecule has 0 spiro atoms. The van der Waals surface area contributed by atoms with Crippen LogP contribution in [0.15, 0.2) is 18.2 Å². The highest BCUT2D eigenvalue weighted by atomic mass is 35.5. The molecule has 0 bridgehead atoms. The van der Waals surface area contributed by atoms with Gasteiger partial charge in [-0.1, -0.05) is 36.2 Å². The maximum Gasteiger partial charge on any atom is 0.0584 e. The summed E-state index contributed by atoms with van der Waals surface area (Å²) >= 11 is 11.8. The number of benzene rings is 1. The average Bonchev–Trinajstić information content (AvgIpc) is 2.22. The molecule has 0 aliphatic heterocycles. The molecule has 84 valence electrons. The molecule has 0 fully saturated rings. The van der Waals surface area contributed by atoms with Gasteiger partial charge in [-0.05, 0) is 24.1 Å². The van der Waals surface area contributed by atoms with Gasteiger partial charge in [0.2, 0.25) is 0 Å². The quantitative estimate of drug-likeness (QED) is 0.839. The second-order valence-electron chi connectivity index (χ2n) is 3.40. The van der Waals surface area contributed by atoms with E-state index in [0.29, 0.717) is 16.6 Å². The molecule has 0 aliphatic rings. The van der Waals surface area contributed by atoms with E-state index in [2.05, 4.69) is 5.32 Å². The molecule has 0 aliphatic carbocycles. The van der Waals surface area contributed by atoms with Crippen LogP contribution in [0, 0.1) is 0 Å². The predicted molar refractivity (Wildman–Crippen MR) is 64.5 cm³/mol. The van der Waals surface area contributed by atoms with Gasteiger partial charge in [0.15, 0.2) is 0 Å². The molecule has 1 unspecified atom stereocenters. The molecule has 2 nitrogen and oxygen atoms in total. The topological polar surface area (TPSA) is 32.3 Å². The Morgan fingerprint density at radius 2 is 2.13 bits per heavy atom. The molecular formula is C11H15Cl2NO. The molecule has 0 saturated heterocycles. The van der Waals surface area contributed by atoms with E-state index in [-0.39, 0.29) is 12.6 Å². The summed E-state index contributed by atoms with van der Waals surface area (Å²) in [7, 11) is 0. The lowest BCUT2D eigenvalue weighted by Gasteiger charge is -2.14. The minimum Gasteiger partial charge on any atom is -0.395 e. The number of hydrogen-bond acceptors (Lipinski definition) is 2. The van der Waals surface area contributed by atoms with Gasteiger partial charge in [0, 0.05) is 22.6 Å². The molecule has 15 heavy (non-hydrogen) atoms. The molecule has 1 aromatic rings. The first-order valence-electron chi connectivity index (χ1n) is 4.95. The number of nitrogens with one attached hydrogen (secondary N) is 1. The van der Waals surface area contributed by atoms with E-state index in [4.69, 9.17) is 28.3 Å². The Morgan fingerprint density at radius 1 is 1.40 bits per heavy atom. The van der Waals surface area contributed by atoms with Crippen LogP contribution >= 0.6 is 23.2 Å². The minimum atomic E-state index is 0.122. The molecular weight excluding hydrogens is 233 g/mol. The van der Waals surface area contributed by atoms with Crippen LogP contribution in [-0.2, 0) is 6.54 Å². The van der Waals surface area contributed by atoms with Crippen LogP contribution in [0.2, 0.25) is 10.0 Å². The highest BCUT2D eigenvalue weighted by Crippen LogP contribution is 2.20. The third-order valence-corrected chi connectivity index (χ3v) is 2.90. The maximum absolute atomic E-state index is 9.00. The van der Waals surface area contributed by atoms with Crippen molar-refractivity contribution in [1.29, 1.82) is 0 Å². The zero-order valence-electron chi connectivity index (χ0n) is 8.63. The lowest BCUT2D eigenvalue weighted by molar-refractivity contribution is 0.238. The van der Waals surface area contributed by atoms with Gasteiger partial charge in [-0.15, -0.1) is 0 Å². The molecule has 1 atom stereocenters. The van der Waals surface area contributed by atoms with Gasteiger partial charge in [-0.2, -0.15) is 0 Å². The zero-order chi connectivity index (χ0) is 11.3. The van der Waals surface area contributed by atoms with Crippen LogP contribution in [-0.4, -0.2) is 17.8 Å². The van der Waals surface area contributed by atoms with Crippen molar-refractivity contribution in [3.05, 3.63) is 33.8 Å². The van der Waals surface area contributed by atoms with Gasteiger partial charge in [0.25, 0.3) is 0 Å². The summed E-state index contributed by atoms with van der Waals surface area (Å²) in [5.74, 6) is 0. The predicted octanol–water partition coefficient (Wildman–Crippen LogP) is 2.85. The Balaban J connectivity index is 2.57. The second kappa shape index (κ2) is 6.33. The maximum atomic E-state index is 9.00. The lowest BCUT2D eigenvalue weighted by Crippen LogP contribution is -2.31. The first-order chi connectivity index (χ1) is 7.17. The van der Waals surface area contributed by atoms with Crippen molar-refractivity contribution in [2.75, 3.05) is 6.61 Å². The number of aliphatic hydroxyl groups is 1. The van der Waals surface area contributed by atoms with Crippen molar-refractivity contribution in [3.63, 3.8) is 0 Å². The fourth-order valence-corrected chi connectivity index (χ4v) is 1.73. The summed E-state index contributed by atoms with van der Waals surface area (Å²) in [6.07, 6.45) is 0.891. The SMILES string of the molecule is CCC(CO)NCc1ccc(Cl)cc1Cl. The third kappa shape index (κ3) is 3.99. The highest BCUT2D eigenvalue weighted by molar-refractivity contribution is 6.35. The average molecular weight is 248 g/mol. The zero-order valence-corrected chi connectivity index (χ0v) is 10.1. The van der Waals surface area contributed by atoms with Crippen LogP contribution in [0.4, 0.5) is 0 Å². The number of aliphatic hydroxyl groups excluding tert-OH is 1. The Labute approximate surface area is 100 Å². The fraction of sp³-hybridized carbons (Fsp3) is 0.455. The summed E-state index contributed by atoms with van der Waals surface area (Å²) in [4.78, 5) is 0. The van der Waals surface area contributed by atoms with Crippen LogP contribution in [0.5, 0.6) is 0 Å². The van der Waals surface area contributed by atoms with Gasteiger partial charge in [-0.3, -0.25) is 0 Å². The Kier molecular flexibility index (Phi) is 5.40. The molecule has 4 heteroatoms. The molecule has 2 N–H and O–H groups in total. The Bertz CT molecular complexity index is 313. The Morgan fingerprint density at radius 3 is 2.67 bits per heavy atom. The van der Waals surface area contributed by atoms with Gasteiger partial charge >= 0.3 is 0 Å². The van der Waals surface area contributed by atoms with Crippen LogP contribution < -0.4 is 5.32 Å². The summed E-state index contributed by atoms with van der Waals surface area (Å²) in [6.45, 7) is 2.81. The van der Waals surface area contributed by atoms with Crippen LogP contribution in [0.25, 0.3) is 0 Å². The van der Waals surface area contributed by atoms with Crippen molar-refractivity contribution in [2.24, 2.45) is 0 Å². The van der Waals surface area contributed by atoms with Crippen molar-refractivity contribution in [1.82, 2.24) is 5.32 Å².